The summed E-state index contributed by atoms with van der Waals surface area (Å²) >= 11 is 0. The normalized spacial score (nSPS) is 11.0. The highest BCUT2D eigenvalue weighted by atomic mass is 16.5. The molecule has 0 saturated heterocycles. The van der Waals surface area contributed by atoms with Crippen LogP contribution in [0.2, 0.25) is 0 Å². The summed E-state index contributed by atoms with van der Waals surface area (Å²) < 4.78 is 10.2. The van der Waals surface area contributed by atoms with Crippen molar-refractivity contribution in [3.63, 3.8) is 0 Å². The van der Waals surface area contributed by atoms with E-state index in [9.17, 15) is 9.59 Å². The van der Waals surface area contributed by atoms with Crippen LogP contribution >= 0.6 is 0 Å². The number of hydrogen-bond donors (Lipinski definition) is 0. The van der Waals surface area contributed by atoms with Gasteiger partial charge in [0.15, 0.2) is 0 Å². The van der Waals surface area contributed by atoms with Gasteiger partial charge in [0, 0.05) is 0 Å². The molecular formula is C23H44O4. The van der Waals surface area contributed by atoms with Crippen molar-refractivity contribution in [2.45, 2.75) is 117 Å². The lowest BCUT2D eigenvalue weighted by Crippen LogP contribution is -2.13. The third-order valence-electron chi connectivity index (χ3n) is 4.62. The molecule has 0 amide bonds. The molecule has 0 aliphatic carbocycles. The summed E-state index contributed by atoms with van der Waals surface area (Å²) in [5, 5.41) is 0. The van der Waals surface area contributed by atoms with Crippen molar-refractivity contribution in [1.29, 1.82) is 0 Å². The molecule has 0 spiro atoms. The summed E-state index contributed by atoms with van der Waals surface area (Å²) in [7, 11) is 0. The van der Waals surface area contributed by atoms with Crippen LogP contribution in [0.3, 0.4) is 0 Å². The minimum absolute atomic E-state index is 0.115. The van der Waals surface area contributed by atoms with Crippen molar-refractivity contribution in [3.8, 4) is 0 Å². The van der Waals surface area contributed by atoms with Gasteiger partial charge in [-0.1, -0.05) is 97.8 Å². The molecule has 0 saturated carbocycles. The molecule has 0 fully saturated rings. The zero-order chi connectivity index (χ0) is 20.2. The molecule has 0 N–H and O–H groups in total. The molecule has 0 aromatic heterocycles. The molecule has 0 atom stereocenters. The summed E-state index contributed by atoms with van der Waals surface area (Å²) in [4.78, 5) is 23.0. The molecule has 0 radical (unpaired) electrons. The van der Waals surface area contributed by atoms with Gasteiger partial charge in [-0.2, -0.15) is 0 Å². The van der Waals surface area contributed by atoms with Crippen molar-refractivity contribution in [2.24, 2.45) is 5.92 Å². The molecule has 0 rings (SSSR count). The molecule has 0 bridgehead atoms. The number of carbonyl (C=O) groups is 2. The van der Waals surface area contributed by atoms with Crippen molar-refractivity contribution >= 4 is 11.9 Å². The van der Waals surface area contributed by atoms with Crippen LogP contribution in [0.1, 0.15) is 117 Å². The molecule has 0 aromatic rings. The van der Waals surface area contributed by atoms with Gasteiger partial charge in [0.2, 0.25) is 0 Å². The topological polar surface area (TPSA) is 52.6 Å². The highest BCUT2D eigenvalue weighted by molar-refractivity contribution is 5.77. The Kier molecular flexibility index (Phi) is 18.9. The number of hydrogen-bond acceptors (Lipinski definition) is 4. The van der Waals surface area contributed by atoms with Gasteiger partial charge in [0.25, 0.3) is 0 Å². The average Bonchev–Trinajstić information content (AvgIpc) is 2.64. The summed E-state index contributed by atoms with van der Waals surface area (Å²) in [6.45, 7) is 7.11. The SMILES string of the molecule is CCCCCCCCCCCCCCCOC(=O)CCC(=O)OCC(C)C. The number of rotatable bonds is 19. The first-order chi connectivity index (χ1) is 13.1. The standard InChI is InChI=1S/C23H44O4/c1-4-5-6-7-8-9-10-11-12-13-14-15-16-19-26-22(24)17-18-23(25)27-20-21(2)3/h21H,4-20H2,1-3H3. The van der Waals surface area contributed by atoms with Gasteiger partial charge < -0.3 is 9.47 Å². The fraction of sp³-hybridized carbons (Fsp3) is 0.913. The van der Waals surface area contributed by atoms with E-state index in [0.29, 0.717) is 19.1 Å². The molecule has 160 valence electrons. The number of unbranched alkanes of at least 4 members (excludes halogenated alkanes) is 12. The Morgan fingerprint density at radius 2 is 1.04 bits per heavy atom. The van der Waals surface area contributed by atoms with Gasteiger partial charge in [-0.3, -0.25) is 9.59 Å². The van der Waals surface area contributed by atoms with Gasteiger partial charge in [-0.25, -0.2) is 0 Å². The molecule has 0 heterocycles. The highest BCUT2D eigenvalue weighted by Gasteiger charge is 2.09. The van der Waals surface area contributed by atoms with Crippen LogP contribution in [0, 0.1) is 5.92 Å². The van der Waals surface area contributed by atoms with Crippen molar-refractivity contribution in [3.05, 3.63) is 0 Å². The maximum absolute atomic E-state index is 11.6. The van der Waals surface area contributed by atoms with E-state index in [1.165, 1.54) is 70.6 Å². The first-order valence-electron chi connectivity index (χ1n) is 11.4. The lowest BCUT2D eigenvalue weighted by molar-refractivity contribution is -0.151. The molecule has 0 aromatic carbocycles. The molecular weight excluding hydrogens is 340 g/mol. The Hall–Kier alpha value is -1.06. The minimum Gasteiger partial charge on any atom is -0.466 e. The Bertz CT molecular complexity index is 352. The number of esters is 2. The van der Waals surface area contributed by atoms with Gasteiger partial charge in [0.1, 0.15) is 0 Å². The van der Waals surface area contributed by atoms with Crippen molar-refractivity contribution in [1.82, 2.24) is 0 Å². The van der Waals surface area contributed by atoms with Crippen LogP contribution in [0.25, 0.3) is 0 Å². The minimum atomic E-state index is -0.318. The van der Waals surface area contributed by atoms with Crippen LogP contribution in [0.4, 0.5) is 0 Å². The molecule has 0 unspecified atom stereocenters. The summed E-state index contributed by atoms with van der Waals surface area (Å²) in [5.41, 5.74) is 0. The maximum atomic E-state index is 11.6. The van der Waals surface area contributed by atoms with Gasteiger partial charge >= 0.3 is 11.9 Å². The average molecular weight is 385 g/mol. The Morgan fingerprint density at radius 3 is 1.48 bits per heavy atom. The third kappa shape index (κ3) is 21.1. The van der Waals surface area contributed by atoms with Crippen molar-refractivity contribution < 1.29 is 19.1 Å². The van der Waals surface area contributed by atoms with E-state index >= 15 is 0 Å². The number of carbonyl (C=O) groups excluding carboxylic acids is 2. The summed E-state index contributed by atoms with van der Waals surface area (Å²) in [6, 6.07) is 0. The lowest BCUT2D eigenvalue weighted by Gasteiger charge is -2.07. The van der Waals surface area contributed by atoms with Crippen LogP contribution in [0.5, 0.6) is 0 Å². The largest absolute Gasteiger partial charge is 0.466 e. The van der Waals surface area contributed by atoms with Crippen molar-refractivity contribution in [2.75, 3.05) is 13.2 Å². The first kappa shape index (κ1) is 25.9. The fourth-order valence-corrected chi connectivity index (χ4v) is 2.91. The van der Waals surface area contributed by atoms with Crippen LogP contribution in [-0.4, -0.2) is 25.2 Å². The predicted molar refractivity (Wildman–Crippen MR) is 112 cm³/mol. The zero-order valence-corrected chi connectivity index (χ0v) is 18.2. The Labute approximate surface area is 167 Å². The van der Waals surface area contributed by atoms with Gasteiger partial charge in [0.05, 0.1) is 26.1 Å². The van der Waals surface area contributed by atoms with Gasteiger partial charge in [-0.05, 0) is 12.3 Å². The second-order valence-electron chi connectivity index (χ2n) is 8.04. The van der Waals surface area contributed by atoms with Gasteiger partial charge in [-0.15, -0.1) is 0 Å². The summed E-state index contributed by atoms with van der Waals surface area (Å²) in [6.07, 6.45) is 17.2. The van der Waals surface area contributed by atoms with E-state index in [0.717, 1.165) is 12.8 Å². The molecule has 4 heteroatoms. The van der Waals surface area contributed by atoms with E-state index in [2.05, 4.69) is 6.92 Å². The number of ether oxygens (including phenoxy) is 2. The van der Waals surface area contributed by atoms with E-state index in [4.69, 9.17) is 9.47 Å². The van der Waals surface area contributed by atoms with E-state index in [1.807, 2.05) is 13.8 Å². The van der Waals surface area contributed by atoms with E-state index < -0.39 is 0 Å². The molecule has 4 nitrogen and oxygen atoms in total. The van der Waals surface area contributed by atoms with Crippen LogP contribution in [0.15, 0.2) is 0 Å². The maximum Gasteiger partial charge on any atom is 0.306 e. The Balaban J connectivity index is 3.25. The first-order valence-corrected chi connectivity index (χ1v) is 11.4. The molecule has 27 heavy (non-hydrogen) atoms. The quantitative estimate of drug-likeness (QED) is 0.186. The lowest BCUT2D eigenvalue weighted by atomic mass is 10.0. The third-order valence-corrected chi connectivity index (χ3v) is 4.62. The van der Waals surface area contributed by atoms with Crippen LogP contribution < -0.4 is 0 Å². The van der Waals surface area contributed by atoms with E-state index in [1.54, 1.807) is 0 Å². The smallest absolute Gasteiger partial charge is 0.306 e. The fourth-order valence-electron chi connectivity index (χ4n) is 2.91. The second kappa shape index (κ2) is 19.7. The summed E-state index contributed by atoms with van der Waals surface area (Å²) in [5.74, 6) is -0.298. The molecule has 0 aliphatic heterocycles. The predicted octanol–water partition coefficient (Wildman–Crippen LogP) is 6.60. The highest BCUT2D eigenvalue weighted by Crippen LogP contribution is 2.12. The van der Waals surface area contributed by atoms with E-state index in [-0.39, 0.29) is 24.8 Å². The second-order valence-corrected chi connectivity index (χ2v) is 8.04. The zero-order valence-electron chi connectivity index (χ0n) is 18.2. The Morgan fingerprint density at radius 1 is 0.630 bits per heavy atom. The van der Waals surface area contributed by atoms with Crippen LogP contribution in [-0.2, 0) is 19.1 Å². The molecule has 0 aliphatic rings. The monoisotopic (exact) mass is 384 g/mol.